The maximum absolute atomic E-state index is 5.04. The van der Waals surface area contributed by atoms with E-state index in [1.807, 2.05) is 30.3 Å². The Morgan fingerprint density at radius 2 is 0.952 bits per heavy atom. The van der Waals surface area contributed by atoms with Gasteiger partial charge in [-0.1, -0.05) is 214 Å². The zero-order valence-electron chi connectivity index (χ0n) is 36.3. The molecule has 63 heavy (non-hydrogen) atoms. The molecule has 304 valence electrons. The van der Waals surface area contributed by atoms with Crippen molar-refractivity contribution in [3.05, 3.63) is 234 Å². The van der Waals surface area contributed by atoms with Crippen LogP contribution in [0.5, 0.6) is 0 Å². The van der Waals surface area contributed by atoms with Crippen LogP contribution in [-0.4, -0.2) is 15.0 Å². The molecular weight excluding hydrogens is 763 g/mol. The molecule has 0 saturated heterocycles. The Kier molecular flexibility index (Phi) is 10.5. The Morgan fingerprint density at radius 3 is 1.54 bits per heavy atom. The van der Waals surface area contributed by atoms with E-state index in [9.17, 15) is 0 Å². The fraction of sp³-hybridized carbons (Fsp3) is 0.117. The molecular formula is C60H49N3. The first-order chi connectivity index (χ1) is 31.1. The summed E-state index contributed by atoms with van der Waals surface area (Å²) in [6.45, 7) is 8.65. The monoisotopic (exact) mass is 811 g/mol. The van der Waals surface area contributed by atoms with E-state index in [2.05, 4.69) is 198 Å². The second kappa shape index (κ2) is 16.8. The van der Waals surface area contributed by atoms with Gasteiger partial charge in [0.2, 0.25) is 0 Å². The summed E-state index contributed by atoms with van der Waals surface area (Å²) in [6.07, 6.45) is 13.2. The third-order valence-corrected chi connectivity index (χ3v) is 12.7. The molecule has 0 radical (unpaired) electrons. The van der Waals surface area contributed by atoms with E-state index in [1.54, 1.807) is 0 Å². The first kappa shape index (κ1) is 39.6. The molecule has 1 heterocycles. The Hall–Kier alpha value is -7.49. The highest BCUT2D eigenvalue weighted by atomic mass is 15.0. The van der Waals surface area contributed by atoms with Gasteiger partial charge in [-0.05, 0) is 105 Å². The second-order valence-corrected chi connectivity index (χ2v) is 16.3. The van der Waals surface area contributed by atoms with Crippen molar-refractivity contribution in [2.24, 2.45) is 0 Å². The van der Waals surface area contributed by atoms with E-state index >= 15 is 0 Å². The van der Waals surface area contributed by atoms with Gasteiger partial charge in [0.05, 0.1) is 5.41 Å². The predicted molar refractivity (Wildman–Crippen MR) is 264 cm³/mol. The fourth-order valence-corrected chi connectivity index (χ4v) is 9.96. The molecule has 10 rings (SSSR count). The van der Waals surface area contributed by atoms with E-state index in [0.717, 1.165) is 40.7 Å². The van der Waals surface area contributed by atoms with Crippen LogP contribution in [0.15, 0.2) is 206 Å². The third kappa shape index (κ3) is 6.72. The topological polar surface area (TPSA) is 38.7 Å². The number of hydrogen-bond acceptors (Lipinski definition) is 3. The van der Waals surface area contributed by atoms with Gasteiger partial charge in [0.25, 0.3) is 0 Å². The highest BCUT2D eigenvalue weighted by molar-refractivity contribution is 6.03. The Balaban J connectivity index is 0.997. The van der Waals surface area contributed by atoms with Crippen molar-refractivity contribution < 1.29 is 0 Å². The maximum atomic E-state index is 5.04. The zero-order valence-corrected chi connectivity index (χ0v) is 36.3. The van der Waals surface area contributed by atoms with Crippen LogP contribution in [0.2, 0.25) is 0 Å². The number of nitrogens with zero attached hydrogens (tertiary/aromatic N) is 3. The normalized spacial score (nSPS) is 16.5. The lowest BCUT2D eigenvalue weighted by molar-refractivity contribution is 0.789. The van der Waals surface area contributed by atoms with Gasteiger partial charge in [-0.15, -0.1) is 0 Å². The van der Waals surface area contributed by atoms with E-state index in [4.69, 9.17) is 15.0 Å². The van der Waals surface area contributed by atoms with Gasteiger partial charge in [0.15, 0.2) is 17.5 Å². The highest BCUT2D eigenvalue weighted by Gasteiger charge is 2.53. The maximum Gasteiger partial charge on any atom is 0.164 e. The van der Waals surface area contributed by atoms with Crippen molar-refractivity contribution >= 4 is 11.1 Å². The van der Waals surface area contributed by atoms with Gasteiger partial charge >= 0.3 is 0 Å². The first-order valence-electron chi connectivity index (χ1n) is 22.2. The van der Waals surface area contributed by atoms with Gasteiger partial charge in [-0.25, -0.2) is 15.0 Å². The van der Waals surface area contributed by atoms with E-state index in [0.29, 0.717) is 17.5 Å². The summed E-state index contributed by atoms with van der Waals surface area (Å²) in [7, 11) is 0. The summed E-state index contributed by atoms with van der Waals surface area (Å²) in [5, 5.41) is 0. The fourth-order valence-electron chi connectivity index (χ4n) is 9.96. The number of fused-ring (bicyclic) bond motifs is 7. The van der Waals surface area contributed by atoms with E-state index in [1.165, 1.54) is 66.8 Å². The molecule has 0 fully saturated rings. The SMILES string of the molecule is C/C=C\C(=C/CC)c1ccc(-c2nc(-c3ccccc3)nc(-c3ccc(-c4ccc(-c5cccc6c5-c5ccccc5C65C(=C/CC)/C(=C\C)c6ccccc65)cc4)cc3)n2)cc1. The summed E-state index contributed by atoms with van der Waals surface area (Å²) >= 11 is 0. The van der Waals surface area contributed by atoms with Crippen molar-refractivity contribution in [3.63, 3.8) is 0 Å². The molecule has 0 saturated carbocycles. The molecule has 7 aromatic carbocycles. The smallest absolute Gasteiger partial charge is 0.164 e. The van der Waals surface area contributed by atoms with Gasteiger partial charge in [0.1, 0.15) is 0 Å². The van der Waals surface area contributed by atoms with Crippen molar-refractivity contribution in [3.8, 4) is 67.5 Å². The molecule has 8 aromatic rings. The molecule has 2 aliphatic carbocycles. The number of rotatable bonds is 9. The van der Waals surface area contributed by atoms with Gasteiger partial charge in [-0.3, -0.25) is 0 Å². The molecule has 0 N–H and O–H groups in total. The molecule has 1 atom stereocenters. The lowest BCUT2D eigenvalue weighted by Gasteiger charge is -2.31. The minimum absolute atomic E-state index is 0.355. The summed E-state index contributed by atoms with van der Waals surface area (Å²) in [4.78, 5) is 15.0. The molecule has 3 heteroatoms. The Bertz CT molecular complexity index is 3110. The molecule has 0 aliphatic heterocycles. The lowest BCUT2D eigenvalue weighted by atomic mass is 9.70. The molecule has 0 amide bonds. The van der Waals surface area contributed by atoms with Crippen LogP contribution < -0.4 is 0 Å². The van der Waals surface area contributed by atoms with Crippen molar-refractivity contribution in [1.82, 2.24) is 15.0 Å². The summed E-state index contributed by atoms with van der Waals surface area (Å²) < 4.78 is 0. The number of hydrogen-bond donors (Lipinski definition) is 0. The van der Waals surface area contributed by atoms with E-state index < -0.39 is 0 Å². The number of benzene rings is 7. The quantitative estimate of drug-likeness (QED) is 0.136. The van der Waals surface area contributed by atoms with Crippen molar-refractivity contribution in [2.75, 3.05) is 0 Å². The predicted octanol–water partition coefficient (Wildman–Crippen LogP) is 15.6. The summed E-state index contributed by atoms with van der Waals surface area (Å²) in [5.74, 6) is 1.94. The first-order valence-corrected chi connectivity index (χ1v) is 22.2. The third-order valence-electron chi connectivity index (χ3n) is 12.7. The van der Waals surface area contributed by atoms with Crippen LogP contribution in [0.3, 0.4) is 0 Å². The van der Waals surface area contributed by atoms with Gasteiger partial charge in [-0.2, -0.15) is 0 Å². The van der Waals surface area contributed by atoms with Crippen molar-refractivity contribution in [2.45, 2.75) is 46.0 Å². The Labute approximate surface area is 371 Å². The molecule has 1 aromatic heterocycles. The van der Waals surface area contributed by atoms with Gasteiger partial charge in [0, 0.05) is 16.7 Å². The largest absolute Gasteiger partial charge is 0.208 e. The molecule has 1 unspecified atom stereocenters. The minimum Gasteiger partial charge on any atom is -0.208 e. The van der Waals surface area contributed by atoms with Crippen LogP contribution in [0.25, 0.3) is 78.7 Å². The Morgan fingerprint density at radius 1 is 0.460 bits per heavy atom. The van der Waals surface area contributed by atoms with Crippen LogP contribution in [0.1, 0.15) is 68.4 Å². The molecule has 2 aliphatic rings. The second-order valence-electron chi connectivity index (χ2n) is 16.3. The average Bonchev–Trinajstić information content (AvgIpc) is 3.81. The summed E-state index contributed by atoms with van der Waals surface area (Å²) in [5.41, 5.74) is 20.4. The van der Waals surface area contributed by atoms with Crippen LogP contribution in [0.4, 0.5) is 0 Å². The standard InChI is InChI=1S/C60H49N3/c1-5-17-40(18-6-2)41-30-36-46(37-31-41)58-61-57(45-20-10-9-11-21-45)62-59(63-58)47-38-32-43(33-39-47)42-28-34-44(35-29-42)49-24-16-27-55-56(49)51-23-13-15-26-54(51)60(55)52(19-7-3)48(8-4)50-22-12-14-25-53(50)60/h5,8-39H,6-7H2,1-4H3/b17-5-,40-18+,48-8-,52-19+. The highest BCUT2D eigenvalue weighted by Crippen LogP contribution is 2.64. The van der Waals surface area contributed by atoms with E-state index in [-0.39, 0.29) is 5.41 Å². The van der Waals surface area contributed by atoms with Crippen LogP contribution in [-0.2, 0) is 5.41 Å². The molecule has 0 bridgehead atoms. The van der Waals surface area contributed by atoms with Crippen molar-refractivity contribution in [1.29, 1.82) is 0 Å². The summed E-state index contributed by atoms with van der Waals surface area (Å²) in [6, 6.07) is 61.4. The van der Waals surface area contributed by atoms with Crippen LogP contribution in [0, 0.1) is 0 Å². The molecule has 3 nitrogen and oxygen atoms in total. The number of allylic oxidation sites excluding steroid dienone is 8. The molecule has 1 spiro atoms. The van der Waals surface area contributed by atoms with Crippen LogP contribution >= 0.6 is 0 Å². The lowest BCUT2D eigenvalue weighted by Crippen LogP contribution is -2.26. The average molecular weight is 812 g/mol. The number of aromatic nitrogens is 3. The zero-order chi connectivity index (χ0) is 42.9. The van der Waals surface area contributed by atoms with Gasteiger partial charge < -0.3 is 0 Å². The minimum atomic E-state index is -0.355.